The fraction of sp³-hybridized carbons (Fsp3) is 0.364. The molecule has 1 heterocycles. The van der Waals surface area contributed by atoms with Crippen LogP contribution in [0, 0.1) is 12.8 Å². The summed E-state index contributed by atoms with van der Waals surface area (Å²) in [5.41, 5.74) is 3.88. The molecule has 146 valence electrons. The highest BCUT2D eigenvalue weighted by Crippen LogP contribution is 2.32. The Balaban J connectivity index is 1.46. The summed E-state index contributed by atoms with van der Waals surface area (Å²) in [5, 5.41) is 12.4. The summed E-state index contributed by atoms with van der Waals surface area (Å²) in [6.45, 7) is 5.50. The van der Waals surface area contributed by atoms with Gasteiger partial charge in [-0.05, 0) is 55.7 Å². The zero-order valence-electron chi connectivity index (χ0n) is 16.0. The van der Waals surface area contributed by atoms with Crippen LogP contribution in [0.3, 0.4) is 0 Å². The average molecular weight is 379 g/mol. The topological polar surface area (TPSA) is 72.9 Å². The number of aromatic carboxylic acids is 1. The van der Waals surface area contributed by atoms with Crippen molar-refractivity contribution in [3.63, 3.8) is 0 Å². The third kappa shape index (κ3) is 3.96. The Morgan fingerprint density at radius 3 is 2.18 bits per heavy atom. The number of aryl methyl sites for hydroxylation is 1. The van der Waals surface area contributed by atoms with E-state index < -0.39 is 5.97 Å². The van der Waals surface area contributed by atoms with E-state index in [4.69, 9.17) is 0 Å². The zero-order chi connectivity index (χ0) is 19.7. The number of carbonyl (C=O) groups excluding carboxylic acids is 1. The van der Waals surface area contributed by atoms with Crippen molar-refractivity contribution < 1.29 is 14.7 Å². The maximum atomic E-state index is 12.0. The molecule has 1 saturated carbocycles. The van der Waals surface area contributed by atoms with Gasteiger partial charge in [-0.15, -0.1) is 0 Å². The van der Waals surface area contributed by atoms with Crippen molar-refractivity contribution in [2.24, 2.45) is 5.92 Å². The van der Waals surface area contributed by atoms with Gasteiger partial charge in [0.1, 0.15) is 0 Å². The quantitative estimate of drug-likeness (QED) is 0.833. The standard InChI is InChI=1S/C22H25N3O3/c1-15-3-2-4-17(13-15)24-9-11-25(12-10-24)18-7-8-20(19(14-18)22(27)28)23-21(26)16-5-6-16/h2-4,7-8,13-14,16H,5-6,9-12H2,1H3,(H,23,26)(H,27,28). The van der Waals surface area contributed by atoms with E-state index in [1.165, 1.54) is 11.3 Å². The number of carboxylic acid groups (broad SMARTS) is 1. The van der Waals surface area contributed by atoms with Gasteiger partial charge < -0.3 is 20.2 Å². The van der Waals surface area contributed by atoms with Crippen molar-refractivity contribution in [3.8, 4) is 0 Å². The molecule has 1 aliphatic heterocycles. The minimum absolute atomic E-state index is 0.0380. The molecule has 1 saturated heterocycles. The lowest BCUT2D eigenvalue weighted by Gasteiger charge is -2.37. The summed E-state index contributed by atoms with van der Waals surface area (Å²) >= 11 is 0. The molecule has 0 aromatic heterocycles. The first kappa shape index (κ1) is 18.3. The van der Waals surface area contributed by atoms with Crippen molar-refractivity contribution in [3.05, 3.63) is 53.6 Å². The number of hydrogen-bond acceptors (Lipinski definition) is 4. The number of amides is 1. The van der Waals surface area contributed by atoms with Crippen LogP contribution in [-0.2, 0) is 4.79 Å². The SMILES string of the molecule is Cc1cccc(N2CCN(c3ccc(NC(=O)C4CC4)c(C(=O)O)c3)CC2)c1. The molecule has 2 aromatic carbocycles. The zero-order valence-corrected chi connectivity index (χ0v) is 16.0. The van der Waals surface area contributed by atoms with Crippen LogP contribution in [0.15, 0.2) is 42.5 Å². The van der Waals surface area contributed by atoms with Gasteiger partial charge in [-0.1, -0.05) is 12.1 Å². The van der Waals surface area contributed by atoms with Crippen molar-refractivity contribution in [1.82, 2.24) is 0 Å². The Morgan fingerprint density at radius 1 is 0.964 bits per heavy atom. The van der Waals surface area contributed by atoms with Gasteiger partial charge in [-0.2, -0.15) is 0 Å². The van der Waals surface area contributed by atoms with Crippen molar-refractivity contribution >= 4 is 28.9 Å². The average Bonchev–Trinajstić information content (AvgIpc) is 3.54. The first-order chi connectivity index (χ1) is 13.5. The molecule has 6 nitrogen and oxygen atoms in total. The highest BCUT2D eigenvalue weighted by Gasteiger charge is 2.30. The van der Waals surface area contributed by atoms with Gasteiger partial charge in [0, 0.05) is 43.5 Å². The lowest BCUT2D eigenvalue weighted by molar-refractivity contribution is -0.117. The number of benzene rings is 2. The second-order valence-electron chi connectivity index (χ2n) is 7.61. The molecule has 0 atom stereocenters. The van der Waals surface area contributed by atoms with Crippen LogP contribution >= 0.6 is 0 Å². The van der Waals surface area contributed by atoms with Crippen molar-refractivity contribution in [1.29, 1.82) is 0 Å². The van der Waals surface area contributed by atoms with E-state index in [0.29, 0.717) is 5.69 Å². The number of piperazine rings is 1. The number of rotatable bonds is 5. The molecule has 1 amide bonds. The van der Waals surface area contributed by atoms with Gasteiger partial charge in [0.2, 0.25) is 5.91 Å². The number of carbonyl (C=O) groups is 2. The maximum Gasteiger partial charge on any atom is 0.337 e. The summed E-state index contributed by atoms with van der Waals surface area (Å²) in [6.07, 6.45) is 1.77. The summed E-state index contributed by atoms with van der Waals surface area (Å²) in [6, 6.07) is 13.8. The van der Waals surface area contributed by atoms with E-state index in [1.54, 1.807) is 12.1 Å². The van der Waals surface area contributed by atoms with Crippen LogP contribution in [0.4, 0.5) is 17.1 Å². The second kappa shape index (κ2) is 7.54. The first-order valence-corrected chi connectivity index (χ1v) is 9.76. The molecule has 2 aromatic rings. The van der Waals surface area contributed by atoms with E-state index in [9.17, 15) is 14.7 Å². The largest absolute Gasteiger partial charge is 0.478 e. The number of carboxylic acids is 1. The van der Waals surface area contributed by atoms with Crippen LogP contribution < -0.4 is 15.1 Å². The fourth-order valence-corrected chi connectivity index (χ4v) is 3.64. The Labute approximate surface area is 164 Å². The van der Waals surface area contributed by atoms with E-state index in [-0.39, 0.29) is 17.4 Å². The second-order valence-corrected chi connectivity index (χ2v) is 7.61. The lowest BCUT2D eigenvalue weighted by atomic mass is 10.1. The molecule has 0 radical (unpaired) electrons. The normalized spacial score (nSPS) is 16.8. The minimum Gasteiger partial charge on any atom is -0.478 e. The van der Waals surface area contributed by atoms with Crippen LogP contribution in [0.1, 0.15) is 28.8 Å². The highest BCUT2D eigenvalue weighted by atomic mass is 16.4. The van der Waals surface area contributed by atoms with Crippen LogP contribution in [0.2, 0.25) is 0 Å². The molecule has 2 aliphatic rings. The van der Waals surface area contributed by atoms with E-state index in [0.717, 1.165) is 44.7 Å². The highest BCUT2D eigenvalue weighted by molar-refractivity contribution is 6.02. The molecule has 2 fully saturated rings. The van der Waals surface area contributed by atoms with Crippen molar-refractivity contribution in [2.45, 2.75) is 19.8 Å². The summed E-state index contributed by atoms with van der Waals surface area (Å²) in [7, 11) is 0. The molecule has 0 unspecified atom stereocenters. The Hall–Kier alpha value is -3.02. The molecule has 2 N–H and O–H groups in total. The molecule has 4 rings (SSSR count). The van der Waals surface area contributed by atoms with Gasteiger partial charge in [0.15, 0.2) is 0 Å². The minimum atomic E-state index is -1.02. The molecular formula is C22H25N3O3. The molecule has 28 heavy (non-hydrogen) atoms. The molecule has 0 spiro atoms. The monoisotopic (exact) mass is 379 g/mol. The van der Waals surface area contributed by atoms with Crippen LogP contribution in [0.5, 0.6) is 0 Å². The smallest absolute Gasteiger partial charge is 0.337 e. The Bertz CT molecular complexity index is 900. The maximum absolute atomic E-state index is 12.0. The lowest BCUT2D eigenvalue weighted by Crippen LogP contribution is -2.46. The van der Waals surface area contributed by atoms with Gasteiger partial charge in [0.25, 0.3) is 0 Å². The number of anilines is 3. The van der Waals surface area contributed by atoms with E-state index >= 15 is 0 Å². The third-order valence-corrected chi connectivity index (χ3v) is 5.45. The molecule has 0 bridgehead atoms. The van der Waals surface area contributed by atoms with Crippen LogP contribution in [-0.4, -0.2) is 43.2 Å². The van der Waals surface area contributed by atoms with E-state index in [1.807, 2.05) is 6.07 Å². The third-order valence-electron chi connectivity index (χ3n) is 5.45. The first-order valence-electron chi connectivity index (χ1n) is 9.76. The summed E-state index contributed by atoms with van der Waals surface area (Å²) in [4.78, 5) is 28.3. The number of hydrogen-bond donors (Lipinski definition) is 2. The molecular weight excluding hydrogens is 354 g/mol. The number of nitrogens with zero attached hydrogens (tertiary/aromatic N) is 2. The van der Waals surface area contributed by atoms with Gasteiger partial charge in [0.05, 0.1) is 11.3 Å². The Kier molecular flexibility index (Phi) is 4.94. The Morgan fingerprint density at radius 2 is 1.61 bits per heavy atom. The van der Waals surface area contributed by atoms with Crippen LogP contribution in [0.25, 0.3) is 0 Å². The van der Waals surface area contributed by atoms with Crippen molar-refractivity contribution in [2.75, 3.05) is 41.3 Å². The number of nitrogens with one attached hydrogen (secondary N) is 1. The summed E-state index contributed by atoms with van der Waals surface area (Å²) < 4.78 is 0. The summed E-state index contributed by atoms with van der Waals surface area (Å²) in [5.74, 6) is -1.07. The predicted octanol–water partition coefficient (Wildman–Crippen LogP) is 3.37. The van der Waals surface area contributed by atoms with Gasteiger partial charge >= 0.3 is 5.97 Å². The molecule has 1 aliphatic carbocycles. The van der Waals surface area contributed by atoms with Gasteiger partial charge in [-0.25, -0.2) is 4.79 Å². The predicted molar refractivity (Wildman–Crippen MR) is 110 cm³/mol. The van der Waals surface area contributed by atoms with Gasteiger partial charge in [-0.3, -0.25) is 4.79 Å². The fourth-order valence-electron chi connectivity index (χ4n) is 3.64. The molecule has 6 heteroatoms. The van der Waals surface area contributed by atoms with E-state index in [2.05, 4.69) is 46.3 Å².